The first kappa shape index (κ1) is 28.1. The third-order valence-electron chi connectivity index (χ3n) is 5.50. The molecule has 0 N–H and O–H groups in total. The Kier molecular flexibility index (Phi) is 9.01. The molecular formula is C28H30N2O8. The normalized spacial score (nSPS) is 13.7. The van der Waals surface area contributed by atoms with Crippen LogP contribution in [0.2, 0.25) is 0 Å². The van der Waals surface area contributed by atoms with Gasteiger partial charge in [-0.2, -0.15) is 0 Å². The highest BCUT2D eigenvalue weighted by atomic mass is 16.6. The summed E-state index contributed by atoms with van der Waals surface area (Å²) in [7, 11) is 1.19. The van der Waals surface area contributed by atoms with E-state index in [0.29, 0.717) is 0 Å². The highest BCUT2D eigenvalue weighted by molar-refractivity contribution is 6.21. The molecule has 0 saturated carbocycles. The first-order valence-corrected chi connectivity index (χ1v) is 12.0. The molecule has 38 heavy (non-hydrogen) atoms. The van der Waals surface area contributed by atoms with E-state index in [9.17, 15) is 24.0 Å². The molecule has 0 radical (unpaired) electrons. The van der Waals surface area contributed by atoms with E-state index in [1.54, 1.807) is 57.2 Å². The zero-order chi connectivity index (χ0) is 27.9. The van der Waals surface area contributed by atoms with Crippen molar-refractivity contribution in [2.45, 2.75) is 45.4 Å². The van der Waals surface area contributed by atoms with Gasteiger partial charge in [0.2, 0.25) is 0 Å². The van der Waals surface area contributed by atoms with E-state index in [0.717, 1.165) is 21.4 Å². The molecule has 3 rings (SSSR count). The fraction of sp³-hybridized carbons (Fsp3) is 0.321. The zero-order valence-corrected chi connectivity index (χ0v) is 21.7. The Hall–Kier alpha value is -4.47. The minimum atomic E-state index is -0.978. The molecule has 0 spiro atoms. The fourth-order valence-corrected chi connectivity index (χ4v) is 3.71. The van der Waals surface area contributed by atoms with Gasteiger partial charge in [-0.1, -0.05) is 48.5 Å². The largest absolute Gasteiger partial charge is 0.466 e. The number of ether oxygens (including phenoxy) is 3. The number of fused-ring (bicyclic) bond motifs is 1. The molecule has 1 heterocycles. The number of esters is 1. The van der Waals surface area contributed by atoms with Gasteiger partial charge in [-0.3, -0.25) is 14.5 Å². The molecule has 2 aromatic carbocycles. The lowest BCUT2D eigenvalue weighted by Gasteiger charge is -2.28. The van der Waals surface area contributed by atoms with Crippen LogP contribution in [-0.4, -0.2) is 65.1 Å². The second-order valence-electron chi connectivity index (χ2n) is 9.44. The Labute approximate surface area is 220 Å². The standard InChI is InChI=1S/C28H30N2O8/c1-28(2,3)38-27(35)29(26(34)37-18-19-10-6-5-7-11-19)17-16-20(14-15-23(31)36-4)30-24(32)21-12-8-9-13-22(21)25(30)33/h5-15,20H,16-18H2,1-4H3. The maximum atomic E-state index is 13.1. The molecule has 0 bridgehead atoms. The van der Waals surface area contributed by atoms with Crippen LogP contribution < -0.4 is 0 Å². The van der Waals surface area contributed by atoms with E-state index in [-0.39, 0.29) is 30.7 Å². The van der Waals surface area contributed by atoms with Gasteiger partial charge in [0, 0.05) is 12.6 Å². The van der Waals surface area contributed by atoms with Crippen LogP contribution in [0.3, 0.4) is 0 Å². The number of carbonyl (C=O) groups excluding carboxylic acids is 5. The van der Waals surface area contributed by atoms with Gasteiger partial charge in [-0.05, 0) is 44.9 Å². The number of carbonyl (C=O) groups is 5. The monoisotopic (exact) mass is 522 g/mol. The summed E-state index contributed by atoms with van der Waals surface area (Å²) in [5.41, 5.74) is 0.261. The molecule has 4 amide bonds. The second-order valence-corrected chi connectivity index (χ2v) is 9.44. The second kappa shape index (κ2) is 12.2. The van der Waals surface area contributed by atoms with Crippen molar-refractivity contribution in [1.82, 2.24) is 9.80 Å². The number of methoxy groups -OCH3 is 1. The van der Waals surface area contributed by atoms with Crippen LogP contribution in [-0.2, 0) is 25.6 Å². The molecule has 0 aromatic heterocycles. The molecule has 10 heteroatoms. The SMILES string of the molecule is COC(=O)C=CC(CCN(C(=O)OCc1ccccc1)C(=O)OC(C)(C)C)N1C(=O)c2ccccc2C1=O. The minimum absolute atomic E-state index is 0.0803. The quantitative estimate of drug-likeness (QED) is 0.217. The summed E-state index contributed by atoms with van der Waals surface area (Å²) < 4.78 is 15.4. The van der Waals surface area contributed by atoms with Gasteiger partial charge in [-0.25, -0.2) is 19.3 Å². The average molecular weight is 523 g/mol. The van der Waals surface area contributed by atoms with Gasteiger partial charge < -0.3 is 14.2 Å². The fourth-order valence-electron chi connectivity index (χ4n) is 3.71. The van der Waals surface area contributed by atoms with Crippen molar-refractivity contribution in [3.8, 4) is 0 Å². The molecule has 0 fully saturated rings. The predicted molar refractivity (Wildman–Crippen MR) is 136 cm³/mol. The molecule has 1 atom stereocenters. The van der Waals surface area contributed by atoms with Crippen molar-refractivity contribution < 1.29 is 38.2 Å². The average Bonchev–Trinajstić information content (AvgIpc) is 3.14. The number of rotatable bonds is 8. The Balaban J connectivity index is 1.84. The Bertz CT molecular complexity index is 1200. The lowest BCUT2D eigenvalue weighted by molar-refractivity contribution is -0.134. The van der Waals surface area contributed by atoms with Crippen LogP contribution in [0.15, 0.2) is 66.7 Å². The highest BCUT2D eigenvalue weighted by Crippen LogP contribution is 2.26. The molecule has 1 aliphatic rings. The number of hydrogen-bond donors (Lipinski definition) is 0. The van der Waals surface area contributed by atoms with Crippen molar-refractivity contribution >= 4 is 30.0 Å². The van der Waals surface area contributed by atoms with E-state index >= 15 is 0 Å². The van der Waals surface area contributed by atoms with Gasteiger partial charge in [0.05, 0.1) is 24.3 Å². The summed E-state index contributed by atoms with van der Waals surface area (Å²) in [6, 6.07) is 14.3. The van der Waals surface area contributed by atoms with E-state index in [1.165, 1.54) is 25.3 Å². The van der Waals surface area contributed by atoms with Crippen molar-refractivity contribution in [1.29, 1.82) is 0 Å². The topological polar surface area (TPSA) is 120 Å². The first-order valence-electron chi connectivity index (χ1n) is 12.0. The first-order chi connectivity index (χ1) is 18.0. The van der Waals surface area contributed by atoms with Crippen LogP contribution in [0.5, 0.6) is 0 Å². The number of nitrogens with zero attached hydrogens (tertiary/aromatic N) is 2. The maximum absolute atomic E-state index is 13.1. The van der Waals surface area contributed by atoms with E-state index < -0.39 is 41.6 Å². The van der Waals surface area contributed by atoms with Crippen LogP contribution in [0, 0.1) is 0 Å². The van der Waals surface area contributed by atoms with Crippen LogP contribution >= 0.6 is 0 Å². The molecule has 1 aliphatic heterocycles. The van der Waals surface area contributed by atoms with E-state index in [2.05, 4.69) is 4.74 Å². The van der Waals surface area contributed by atoms with Gasteiger partial charge in [0.1, 0.15) is 12.2 Å². The molecule has 2 aromatic rings. The summed E-state index contributed by atoms with van der Waals surface area (Å²) in [6.07, 6.45) is 0.420. The Morgan fingerprint density at radius 1 is 0.921 bits per heavy atom. The maximum Gasteiger partial charge on any atom is 0.419 e. The predicted octanol–water partition coefficient (Wildman–Crippen LogP) is 4.34. The lowest BCUT2D eigenvalue weighted by atomic mass is 10.1. The third kappa shape index (κ3) is 7.06. The lowest BCUT2D eigenvalue weighted by Crippen LogP contribution is -2.45. The number of imide groups is 2. The van der Waals surface area contributed by atoms with Crippen LogP contribution in [0.25, 0.3) is 0 Å². The molecular weight excluding hydrogens is 492 g/mol. The summed E-state index contributed by atoms with van der Waals surface area (Å²) in [4.78, 5) is 65.6. The minimum Gasteiger partial charge on any atom is -0.466 e. The number of amides is 4. The molecule has 0 saturated heterocycles. The number of hydrogen-bond acceptors (Lipinski definition) is 8. The van der Waals surface area contributed by atoms with Gasteiger partial charge in [0.15, 0.2) is 0 Å². The Morgan fingerprint density at radius 3 is 2.05 bits per heavy atom. The van der Waals surface area contributed by atoms with Gasteiger partial charge in [0.25, 0.3) is 11.8 Å². The van der Waals surface area contributed by atoms with Gasteiger partial charge >= 0.3 is 18.2 Å². The van der Waals surface area contributed by atoms with Crippen LogP contribution in [0.4, 0.5) is 9.59 Å². The summed E-state index contributed by atoms with van der Waals surface area (Å²) in [6.45, 7) is 4.60. The van der Waals surface area contributed by atoms with Crippen LogP contribution in [0.1, 0.15) is 53.5 Å². The van der Waals surface area contributed by atoms with Crippen molar-refractivity contribution in [2.24, 2.45) is 0 Å². The van der Waals surface area contributed by atoms with Crippen molar-refractivity contribution in [2.75, 3.05) is 13.7 Å². The zero-order valence-electron chi connectivity index (χ0n) is 21.7. The summed E-state index contributed by atoms with van der Waals surface area (Å²) >= 11 is 0. The van der Waals surface area contributed by atoms with Crippen molar-refractivity contribution in [3.05, 3.63) is 83.4 Å². The smallest absolute Gasteiger partial charge is 0.419 e. The third-order valence-corrected chi connectivity index (χ3v) is 5.50. The van der Waals surface area contributed by atoms with Crippen molar-refractivity contribution in [3.63, 3.8) is 0 Å². The summed E-state index contributed by atoms with van der Waals surface area (Å²) in [5, 5.41) is 0. The van der Waals surface area contributed by atoms with E-state index in [1.807, 2.05) is 6.07 Å². The molecule has 0 aliphatic carbocycles. The Morgan fingerprint density at radius 2 is 1.50 bits per heavy atom. The molecule has 1 unspecified atom stereocenters. The number of benzene rings is 2. The summed E-state index contributed by atoms with van der Waals surface area (Å²) in [5.74, 6) is -1.81. The molecule has 200 valence electrons. The van der Waals surface area contributed by atoms with Gasteiger partial charge in [-0.15, -0.1) is 0 Å². The highest BCUT2D eigenvalue weighted by Gasteiger charge is 2.40. The molecule has 10 nitrogen and oxygen atoms in total. The van der Waals surface area contributed by atoms with E-state index in [4.69, 9.17) is 9.47 Å².